The van der Waals surface area contributed by atoms with E-state index in [1.165, 1.54) is 0 Å². The zero-order valence-corrected chi connectivity index (χ0v) is 17.1. The number of amidine groups is 1. The molecule has 1 saturated heterocycles. The molecule has 0 aliphatic carbocycles. The van der Waals surface area contributed by atoms with E-state index in [2.05, 4.69) is 4.99 Å². The molecule has 2 heterocycles. The van der Waals surface area contributed by atoms with Crippen LogP contribution in [0.1, 0.15) is 41.6 Å². The molecule has 2 aliphatic rings. The van der Waals surface area contributed by atoms with Crippen molar-refractivity contribution in [2.45, 2.75) is 25.7 Å². The van der Waals surface area contributed by atoms with Gasteiger partial charge in [0.2, 0.25) is 0 Å². The molecular weight excluding hydrogens is 388 g/mol. The SMILES string of the molecule is O=C(Oc1ccc2ccccc2c1/C=C1\N=C2CCCCCN2C1=O)c1ccccc1. The quantitative estimate of drug-likeness (QED) is 0.338. The molecule has 0 unspecified atom stereocenters. The van der Waals surface area contributed by atoms with Crippen LogP contribution in [0.15, 0.2) is 77.4 Å². The van der Waals surface area contributed by atoms with E-state index in [9.17, 15) is 9.59 Å². The molecule has 0 saturated carbocycles. The van der Waals surface area contributed by atoms with Gasteiger partial charge in [0.1, 0.15) is 17.3 Å². The van der Waals surface area contributed by atoms with Crippen molar-refractivity contribution in [1.82, 2.24) is 4.90 Å². The number of carbonyl (C=O) groups excluding carboxylic acids is 2. The van der Waals surface area contributed by atoms with E-state index in [1.807, 2.05) is 36.4 Å². The monoisotopic (exact) mass is 410 g/mol. The average Bonchev–Trinajstić information content (AvgIpc) is 2.96. The molecule has 1 fully saturated rings. The number of hydrogen-bond acceptors (Lipinski definition) is 4. The van der Waals surface area contributed by atoms with Crippen LogP contribution in [-0.2, 0) is 4.79 Å². The lowest BCUT2D eigenvalue weighted by Crippen LogP contribution is -2.31. The Morgan fingerprint density at radius 2 is 1.74 bits per heavy atom. The summed E-state index contributed by atoms with van der Waals surface area (Å²) in [4.78, 5) is 32.2. The third kappa shape index (κ3) is 3.75. The fourth-order valence-corrected chi connectivity index (χ4v) is 4.13. The molecule has 5 heteroatoms. The summed E-state index contributed by atoms with van der Waals surface area (Å²) in [7, 11) is 0. The molecule has 1 amide bonds. The van der Waals surface area contributed by atoms with E-state index in [4.69, 9.17) is 4.74 Å². The maximum atomic E-state index is 13.0. The van der Waals surface area contributed by atoms with Gasteiger partial charge in [-0.05, 0) is 47.9 Å². The molecule has 31 heavy (non-hydrogen) atoms. The maximum Gasteiger partial charge on any atom is 0.343 e. The normalized spacial score (nSPS) is 17.4. The lowest BCUT2D eigenvalue weighted by atomic mass is 10.0. The predicted octanol–water partition coefficient (Wildman–Crippen LogP) is 5.21. The molecule has 0 bridgehead atoms. The average molecular weight is 410 g/mol. The first-order chi connectivity index (χ1) is 15.2. The molecule has 5 rings (SSSR count). The third-order valence-electron chi connectivity index (χ3n) is 5.73. The van der Waals surface area contributed by atoms with Crippen molar-refractivity contribution in [3.05, 3.63) is 83.6 Å². The van der Waals surface area contributed by atoms with Crippen LogP contribution in [-0.4, -0.2) is 29.2 Å². The molecule has 5 nitrogen and oxygen atoms in total. The first-order valence-electron chi connectivity index (χ1n) is 10.6. The van der Waals surface area contributed by atoms with Gasteiger partial charge in [0.25, 0.3) is 5.91 Å². The second kappa shape index (κ2) is 8.19. The number of rotatable bonds is 3. The Bertz CT molecular complexity index is 1230. The van der Waals surface area contributed by atoms with Crippen LogP contribution in [0.4, 0.5) is 0 Å². The predicted molar refractivity (Wildman–Crippen MR) is 121 cm³/mol. The molecule has 0 radical (unpaired) electrons. The van der Waals surface area contributed by atoms with Gasteiger partial charge in [-0.15, -0.1) is 0 Å². The molecule has 0 atom stereocenters. The Balaban J connectivity index is 1.58. The van der Waals surface area contributed by atoms with Crippen LogP contribution < -0.4 is 4.74 Å². The van der Waals surface area contributed by atoms with Crippen LogP contribution in [0.3, 0.4) is 0 Å². The van der Waals surface area contributed by atoms with Crippen LogP contribution in [0, 0.1) is 0 Å². The van der Waals surface area contributed by atoms with Gasteiger partial charge in [-0.3, -0.25) is 9.69 Å². The fourth-order valence-electron chi connectivity index (χ4n) is 4.13. The summed E-state index contributed by atoms with van der Waals surface area (Å²) in [6.45, 7) is 0.709. The summed E-state index contributed by atoms with van der Waals surface area (Å²) < 4.78 is 5.77. The largest absolute Gasteiger partial charge is 0.422 e. The lowest BCUT2D eigenvalue weighted by Gasteiger charge is -2.14. The van der Waals surface area contributed by atoms with Crippen molar-refractivity contribution < 1.29 is 14.3 Å². The van der Waals surface area contributed by atoms with Crippen LogP contribution in [0.5, 0.6) is 5.75 Å². The van der Waals surface area contributed by atoms with Gasteiger partial charge in [-0.2, -0.15) is 0 Å². The van der Waals surface area contributed by atoms with E-state index in [0.717, 1.165) is 42.3 Å². The molecule has 2 aliphatic heterocycles. The fraction of sp³-hybridized carbons (Fsp3) is 0.192. The Labute approximate surface area is 180 Å². The standard InChI is InChI=1S/C26H22N2O3/c29-25-22(27-24-13-5-2-8-16-28(24)25)17-21-20-12-7-6-9-18(20)14-15-23(21)31-26(30)19-10-3-1-4-11-19/h1,3-4,6-7,9-12,14-15,17H,2,5,8,13,16H2/b22-17-. The lowest BCUT2D eigenvalue weighted by molar-refractivity contribution is -0.122. The number of aliphatic imine (C=N–C) groups is 1. The van der Waals surface area contributed by atoms with Gasteiger partial charge in [-0.1, -0.05) is 55.0 Å². The highest BCUT2D eigenvalue weighted by molar-refractivity contribution is 6.15. The Morgan fingerprint density at radius 1 is 0.935 bits per heavy atom. The minimum Gasteiger partial charge on any atom is -0.422 e. The van der Waals surface area contributed by atoms with E-state index in [0.29, 0.717) is 29.1 Å². The van der Waals surface area contributed by atoms with Gasteiger partial charge in [0.05, 0.1) is 5.56 Å². The smallest absolute Gasteiger partial charge is 0.343 e. The topological polar surface area (TPSA) is 59.0 Å². The molecule has 3 aromatic rings. The van der Waals surface area contributed by atoms with Crippen LogP contribution in [0.2, 0.25) is 0 Å². The minimum absolute atomic E-state index is 0.0785. The molecule has 3 aromatic carbocycles. The second-order valence-electron chi connectivity index (χ2n) is 7.78. The van der Waals surface area contributed by atoms with E-state index >= 15 is 0 Å². The van der Waals surface area contributed by atoms with Gasteiger partial charge < -0.3 is 4.74 Å². The number of esters is 1. The highest BCUT2D eigenvalue weighted by atomic mass is 16.5. The van der Waals surface area contributed by atoms with E-state index < -0.39 is 5.97 Å². The van der Waals surface area contributed by atoms with E-state index in [-0.39, 0.29) is 5.91 Å². The second-order valence-corrected chi connectivity index (χ2v) is 7.78. The van der Waals surface area contributed by atoms with Crippen molar-refractivity contribution in [2.75, 3.05) is 6.54 Å². The van der Waals surface area contributed by atoms with Crippen molar-refractivity contribution in [3.8, 4) is 5.75 Å². The Hall–Kier alpha value is -3.73. The number of fused-ring (bicyclic) bond motifs is 2. The summed E-state index contributed by atoms with van der Waals surface area (Å²) in [6, 6.07) is 20.4. The molecular formula is C26H22N2O3. The number of carbonyl (C=O) groups is 2. The maximum absolute atomic E-state index is 13.0. The molecule has 0 spiro atoms. The highest BCUT2D eigenvalue weighted by Gasteiger charge is 2.31. The van der Waals surface area contributed by atoms with Gasteiger partial charge >= 0.3 is 5.97 Å². The first kappa shape index (κ1) is 19.2. The Kier molecular flexibility index (Phi) is 5.08. The minimum atomic E-state index is -0.437. The van der Waals surface area contributed by atoms with Crippen LogP contribution in [0.25, 0.3) is 16.8 Å². The zero-order chi connectivity index (χ0) is 21.2. The molecule has 0 aromatic heterocycles. The summed E-state index contributed by atoms with van der Waals surface area (Å²) in [5.74, 6) is 0.741. The number of amides is 1. The number of benzene rings is 3. The number of nitrogens with zero attached hydrogens (tertiary/aromatic N) is 2. The van der Waals surface area contributed by atoms with Gasteiger partial charge in [0.15, 0.2) is 0 Å². The highest BCUT2D eigenvalue weighted by Crippen LogP contribution is 2.33. The zero-order valence-electron chi connectivity index (χ0n) is 17.1. The van der Waals surface area contributed by atoms with Crippen molar-refractivity contribution in [2.24, 2.45) is 4.99 Å². The summed E-state index contributed by atoms with van der Waals surface area (Å²) in [6.07, 6.45) is 5.73. The summed E-state index contributed by atoms with van der Waals surface area (Å²) in [5, 5.41) is 1.91. The number of ether oxygens (including phenoxy) is 1. The Morgan fingerprint density at radius 3 is 2.61 bits per heavy atom. The number of hydrogen-bond donors (Lipinski definition) is 0. The molecule has 154 valence electrons. The van der Waals surface area contributed by atoms with Crippen molar-refractivity contribution >= 4 is 34.6 Å². The summed E-state index contributed by atoms with van der Waals surface area (Å²) >= 11 is 0. The molecule has 0 N–H and O–H groups in total. The van der Waals surface area contributed by atoms with Crippen molar-refractivity contribution in [1.29, 1.82) is 0 Å². The van der Waals surface area contributed by atoms with Gasteiger partial charge in [-0.25, -0.2) is 9.79 Å². The third-order valence-corrected chi connectivity index (χ3v) is 5.73. The van der Waals surface area contributed by atoms with Crippen molar-refractivity contribution in [3.63, 3.8) is 0 Å². The van der Waals surface area contributed by atoms with Crippen LogP contribution >= 0.6 is 0 Å². The van der Waals surface area contributed by atoms with Gasteiger partial charge in [0, 0.05) is 18.5 Å². The van der Waals surface area contributed by atoms with E-state index in [1.54, 1.807) is 41.3 Å². The first-order valence-corrected chi connectivity index (χ1v) is 10.6. The summed E-state index contributed by atoms with van der Waals surface area (Å²) in [5.41, 5.74) is 1.55.